The van der Waals surface area contributed by atoms with Crippen LogP contribution in [-0.4, -0.2) is 34.1 Å². The Balaban J connectivity index is 1.60. The van der Waals surface area contributed by atoms with Crippen molar-refractivity contribution < 1.29 is 9.32 Å². The second kappa shape index (κ2) is 5.89. The van der Waals surface area contributed by atoms with Crippen LogP contribution in [0.15, 0.2) is 16.8 Å². The third-order valence-corrected chi connectivity index (χ3v) is 4.84. The van der Waals surface area contributed by atoms with Gasteiger partial charge in [0, 0.05) is 37.2 Å². The lowest BCUT2D eigenvalue weighted by Crippen LogP contribution is -2.39. The molecule has 1 aliphatic carbocycles. The molecule has 1 saturated carbocycles. The highest BCUT2D eigenvalue weighted by Crippen LogP contribution is 2.43. The van der Waals surface area contributed by atoms with Crippen LogP contribution >= 0.6 is 0 Å². The number of hydrogen-bond donors (Lipinski definition) is 1. The molecule has 1 amide bonds. The predicted molar refractivity (Wildman–Crippen MR) is 88.4 cm³/mol. The predicted octanol–water partition coefficient (Wildman–Crippen LogP) is 2.02. The zero-order valence-corrected chi connectivity index (χ0v) is 13.7. The second-order valence-corrected chi connectivity index (χ2v) is 6.74. The first-order chi connectivity index (χ1) is 11.6. The molecule has 7 nitrogen and oxygen atoms in total. The molecule has 0 aromatic carbocycles. The van der Waals surface area contributed by atoms with Crippen molar-refractivity contribution >= 4 is 11.9 Å². The van der Waals surface area contributed by atoms with Crippen LogP contribution in [0.1, 0.15) is 43.0 Å². The van der Waals surface area contributed by atoms with Gasteiger partial charge in [0.05, 0.1) is 17.0 Å². The molecule has 0 unspecified atom stereocenters. The van der Waals surface area contributed by atoms with E-state index in [1.165, 1.54) is 0 Å². The molecule has 2 aromatic heterocycles. The fraction of sp³-hybridized carbons (Fsp3) is 0.529. The first-order valence-corrected chi connectivity index (χ1v) is 8.46. The number of piperidine rings is 1. The van der Waals surface area contributed by atoms with Crippen molar-refractivity contribution in [3.8, 4) is 11.3 Å². The van der Waals surface area contributed by atoms with Crippen LogP contribution in [0.3, 0.4) is 0 Å². The smallest absolute Gasteiger partial charge is 0.225 e. The molecule has 1 aliphatic heterocycles. The van der Waals surface area contributed by atoms with E-state index < -0.39 is 0 Å². The maximum Gasteiger partial charge on any atom is 0.225 e. The van der Waals surface area contributed by atoms with Crippen LogP contribution in [0.25, 0.3) is 11.3 Å². The van der Waals surface area contributed by atoms with Crippen molar-refractivity contribution in [1.82, 2.24) is 15.1 Å². The standard InChI is InChI=1S/C17H21N5O2/c1-10-8-14(24-21-10)13-9-19-17(20-15(13)11-2-3-11)22-6-4-12(5-7-22)16(18)23/h8-9,11-12H,2-7H2,1H3,(H2,18,23). The Morgan fingerprint density at radius 1 is 1.29 bits per heavy atom. The van der Waals surface area contributed by atoms with Crippen molar-refractivity contribution in [2.24, 2.45) is 11.7 Å². The van der Waals surface area contributed by atoms with Gasteiger partial charge >= 0.3 is 0 Å². The number of anilines is 1. The summed E-state index contributed by atoms with van der Waals surface area (Å²) in [5.74, 6) is 1.72. The third kappa shape index (κ3) is 2.86. The van der Waals surface area contributed by atoms with Gasteiger partial charge in [-0.2, -0.15) is 0 Å². The van der Waals surface area contributed by atoms with Gasteiger partial charge < -0.3 is 15.2 Å². The van der Waals surface area contributed by atoms with Gasteiger partial charge in [-0.3, -0.25) is 4.79 Å². The van der Waals surface area contributed by atoms with Crippen LogP contribution in [0.5, 0.6) is 0 Å². The topological polar surface area (TPSA) is 98.1 Å². The summed E-state index contributed by atoms with van der Waals surface area (Å²) >= 11 is 0. The van der Waals surface area contributed by atoms with Crippen molar-refractivity contribution in [3.63, 3.8) is 0 Å². The Morgan fingerprint density at radius 2 is 2.04 bits per heavy atom. The van der Waals surface area contributed by atoms with E-state index in [4.69, 9.17) is 15.2 Å². The van der Waals surface area contributed by atoms with E-state index in [-0.39, 0.29) is 11.8 Å². The molecule has 0 bridgehead atoms. The zero-order chi connectivity index (χ0) is 16.7. The molecular formula is C17H21N5O2. The minimum Gasteiger partial charge on any atom is -0.369 e. The molecule has 2 aromatic rings. The highest BCUT2D eigenvalue weighted by molar-refractivity contribution is 5.77. The SMILES string of the molecule is Cc1cc(-c2cnc(N3CCC(C(N)=O)CC3)nc2C2CC2)on1. The molecule has 2 fully saturated rings. The monoisotopic (exact) mass is 327 g/mol. The highest BCUT2D eigenvalue weighted by Gasteiger charge is 2.31. The van der Waals surface area contributed by atoms with Crippen molar-refractivity contribution in [3.05, 3.63) is 23.7 Å². The minimum atomic E-state index is -0.203. The Bertz CT molecular complexity index is 760. The Morgan fingerprint density at radius 3 is 2.62 bits per heavy atom. The first kappa shape index (κ1) is 15.1. The number of aromatic nitrogens is 3. The number of rotatable bonds is 4. The van der Waals surface area contributed by atoms with Gasteiger partial charge in [-0.15, -0.1) is 0 Å². The zero-order valence-electron chi connectivity index (χ0n) is 13.7. The summed E-state index contributed by atoms with van der Waals surface area (Å²) in [6, 6.07) is 1.92. The van der Waals surface area contributed by atoms with E-state index >= 15 is 0 Å². The van der Waals surface area contributed by atoms with Gasteiger partial charge in [0.15, 0.2) is 5.76 Å². The van der Waals surface area contributed by atoms with Gasteiger partial charge in [0.25, 0.3) is 0 Å². The largest absolute Gasteiger partial charge is 0.369 e. The number of primary amides is 1. The Labute approximate surface area is 140 Å². The molecular weight excluding hydrogens is 306 g/mol. The lowest BCUT2D eigenvalue weighted by Gasteiger charge is -2.30. The average molecular weight is 327 g/mol. The van der Waals surface area contributed by atoms with Crippen LogP contribution in [-0.2, 0) is 4.79 Å². The van der Waals surface area contributed by atoms with E-state index in [2.05, 4.69) is 15.0 Å². The maximum atomic E-state index is 11.3. The van der Waals surface area contributed by atoms with Crippen LogP contribution in [0, 0.1) is 12.8 Å². The number of amides is 1. The molecule has 1 saturated heterocycles. The molecule has 7 heteroatoms. The quantitative estimate of drug-likeness (QED) is 0.922. The molecule has 0 atom stereocenters. The lowest BCUT2D eigenvalue weighted by molar-refractivity contribution is -0.122. The van der Waals surface area contributed by atoms with Crippen LogP contribution in [0.2, 0.25) is 0 Å². The number of carbonyl (C=O) groups excluding carboxylic acids is 1. The maximum absolute atomic E-state index is 11.3. The molecule has 2 N–H and O–H groups in total. The number of nitrogens with two attached hydrogens (primary N) is 1. The molecule has 126 valence electrons. The van der Waals surface area contributed by atoms with E-state index in [0.29, 0.717) is 5.92 Å². The molecule has 0 spiro atoms. The molecule has 4 rings (SSSR count). The second-order valence-electron chi connectivity index (χ2n) is 6.74. The average Bonchev–Trinajstić information content (AvgIpc) is 3.36. The molecule has 3 heterocycles. The number of carbonyl (C=O) groups is 1. The summed E-state index contributed by atoms with van der Waals surface area (Å²) in [5.41, 5.74) is 8.24. The van der Waals surface area contributed by atoms with E-state index in [0.717, 1.165) is 67.4 Å². The summed E-state index contributed by atoms with van der Waals surface area (Å²) in [5, 5.41) is 3.97. The van der Waals surface area contributed by atoms with Crippen molar-refractivity contribution in [2.75, 3.05) is 18.0 Å². The lowest BCUT2D eigenvalue weighted by atomic mass is 9.96. The number of aryl methyl sites for hydroxylation is 1. The number of hydrogen-bond acceptors (Lipinski definition) is 6. The van der Waals surface area contributed by atoms with Crippen LogP contribution in [0.4, 0.5) is 5.95 Å². The van der Waals surface area contributed by atoms with E-state index in [9.17, 15) is 4.79 Å². The molecule has 2 aliphatic rings. The highest BCUT2D eigenvalue weighted by atomic mass is 16.5. The Hall–Kier alpha value is -2.44. The fourth-order valence-electron chi connectivity index (χ4n) is 3.25. The van der Waals surface area contributed by atoms with Gasteiger partial charge in [-0.1, -0.05) is 5.16 Å². The van der Waals surface area contributed by atoms with E-state index in [1.54, 1.807) is 0 Å². The van der Waals surface area contributed by atoms with Gasteiger partial charge in [0.2, 0.25) is 11.9 Å². The summed E-state index contributed by atoms with van der Waals surface area (Å²) in [4.78, 5) is 22.8. The normalized spacial score (nSPS) is 18.8. The molecule has 24 heavy (non-hydrogen) atoms. The van der Waals surface area contributed by atoms with Crippen molar-refractivity contribution in [2.45, 2.75) is 38.5 Å². The molecule has 0 radical (unpaired) electrons. The summed E-state index contributed by atoms with van der Waals surface area (Å²) in [6.07, 6.45) is 5.68. The van der Waals surface area contributed by atoms with E-state index in [1.807, 2.05) is 19.2 Å². The number of nitrogens with zero attached hydrogens (tertiary/aromatic N) is 4. The summed E-state index contributed by atoms with van der Waals surface area (Å²) in [6.45, 7) is 3.43. The van der Waals surface area contributed by atoms with Gasteiger partial charge in [-0.25, -0.2) is 9.97 Å². The minimum absolute atomic E-state index is 0.0272. The van der Waals surface area contributed by atoms with Gasteiger partial charge in [0.1, 0.15) is 0 Å². The fourth-order valence-corrected chi connectivity index (χ4v) is 3.25. The van der Waals surface area contributed by atoms with Crippen LogP contribution < -0.4 is 10.6 Å². The summed E-state index contributed by atoms with van der Waals surface area (Å²) in [7, 11) is 0. The van der Waals surface area contributed by atoms with Gasteiger partial charge in [-0.05, 0) is 32.6 Å². The first-order valence-electron chi connectivity index (χ1n) is 8.46. The summed E-state index contributed by atoms with van der Waals surface area (Å²) < 4.78 is 5.40. The Kier molecular flexibility index (Phi) is 3.70. The third-order valence-electron chi connectivity index (χ3n) is 4.84. The van der Waals surface area contributed by atoms with Crippen molar-refractivity contribution in [1.29, 1.82) is 0 Å².